The van der Waals surface area contributed by atoms with Crippen molar-refractivity contribution in [3.05, 3.63) is 62.3 Å². The SMILES string of the molecule is COC(=O)C1=C(C(=O)OC)N(c2c(Br)cc(CC(=O)O)cc2Br)C=CC=C1. The van der Waals surface area contributed by atoms with Crippen molar-refractivity contribution in [2.24, 2.45) is 0 Å². The minimum atomic E-state index is -0.969. The number of hydrogen-bond donors (Lipinski definition) is 1. The predicted molar refractivity (Wildman–Crippen MR) is 105 cm³/mol. The van der Waals surface area contributed by atoms with Gasteiger partial charge in [0.25, 0.3) is 0 Å². The van der Waals surface area contributed by atoms with Gasteiger partial charge >= 0.3 is 17.9 Å². The lowest BCUT2D eigenvalue weighted by molar-refractivity contribution is -0.139. The quantitative estimate of drug-likeness (QED) is 0.620. The summed E-state index contributed by atoms with van der Waals surface area (Å²) in [5.74, 6) is -2.40. The summed E-state index contributed by atoms with van der Waals surface area (Å²) < 4.78 is 10.7. The molecule has 0 spiro atoms. The van der Waals surface area contributed by atoms with Crippen molar-refractivity contribution in [1.29, 1.82) is 0 Å². The number of ether oxygens (including phenoxy) is 2. The zero-order valence-corrected chi connectivity index (χ0v) is 17.5. The highest BCUT2D eigenvalue weighted by Gasteiger charge is 2.29. The van der Waals surface area contributed by atoms with Crippen LogP contribution >= 0.6 is 31.9 Å². The Morgan fingerprint density at radius 2 is 1.63 bits per heavy atom. The molecule has 142 valence electrons. The average Bonchev–Trinajstić information content (AvgIpc) is 2.82. The molecule has 0 saturated heterocycles. The number of carboxylic acids is 1. The number of carbonyl (C=O) groups excluding carboxylic acids is 2. The fraction of sp³-hybridized carbons (Fsp3) is 0.167. The lowest BCUT2D eigenvalue weighted by Gasteiger charge is -2.25. The normalized spacial score (nSPS) is 13.4. The Bertz CT molecular complexity index is 865. The van der Waals surface area contributed by atoms with Crippen molar-refractivity contribution < 1.29 is 29.0 Å². The van der Waals surface area contributed by atoms with Crippen LogP contribution in [-0.2, 0) is 30.3 Å². The van der Waals surface area contributed by atoms with Crippen LogP contribution in [0.25, 0.3) is 0 Å². The monoisotopic (exact) mass is 499 g/mol. The first-order valence-electron chi connectivity index (χ1n) is 7.54. The number of benzene rings is 1. The van der Waals surface area contributed by atoms with E-state index in [1.54, 1.807) is 30.5 Å². The van der Waals surface area contributed by atoms with Crippen LogP contribution in [0.5, 0.6) is 0 Å². The molecule has 2 rings (SSSR count). The van der Waals surface area contributed by atoms with Gasteiger partial charge < -0.3 is 19.5 Å². The minimum absolute atomic E-state index is 0.0164. The van der Waals surface area contributed by atoms with Crippen LogP contribution in [-0.4, -0.2) is 37.2 Å². The van der Waals surface area contributed by atoms with Crippen LogP contribution in [0.2, 0.25) is 0 Å². The number of carboxylic acid groups (broad SMARTS) is 1. The number of allylic oxidation sites excluding steroid dienone is 2. The fourth-order valence-corrected chi connectivity index (χ4v) is 4.12. The molecule has 0 aliphatic carbocycles. The van der Waals surface area contributed by atoms with E-state index in [0.29, 0.717) is 20.2 Å². The van der Waals surface area contributed by atoms with Crippen molar-refractivity contribution in [2.75, 3.05) is 19.1 Å². The number of halogens is 2. The fourth-order valence-electron chi connectivity index (χ4n) is 2.46. The molecule has 9 heteroatoms. The van der Waals surface area contributed by atoms with Crippen LogP contribution in [0, 0.1) is 0 Å². The largest absolute Gasteiger partial charge is 0.481 e. The Balaban J connectivity index is 2.69. The topological polar surface area (TPSA) is 93.1 Å². The maximum atomic E-state index is 12.5. The second-order valence-electron chi connectivity index (χ2n) is 5.29. The van der Waals surface area contributed by atoms with E-state index in [9.17, 15) is 14.4 Å². The predicted octanol–water partition coefficient (Wildman–Crippen LogP) is 3.33. The lowest BCUT2D eigenvalue weighted by Crippen LogP contribution is -2.27. The maximum absolute atomic E-state index is 12.5. The van der Waals surface area contributed by atoms with Crippen molar-refractivity contribution in [2.45, 2.75) is 6.42 Å². The molecule has 7 nitrogen and oxygen atoms in total. The summed E-state index contributed by atoms with van der Waals surface area (Å²) in [7, 11) is 2.42. The highest BCUT2D eigenvalue weighted by Crippen LogP contribution is 2.39. The third-order valence-corrected chi connectivity index (χ3v) is 4.77. The maximum Gasteiger partial charge on any atom is 0.355 e. The van der Waals surface area contributed by atoms with E-state index < -0.39 is 17.9 Å². The van der Waals surface area contributed by atoms with Gasteiger partial charge in [0.2, 0.25) is 0 Å². The second-order valence-corrected chi connectivity index (χ2v) is 7.00. The van der Waals surface area contributed by atoms with Crippen molar-refractivity contribution >= 4 is 55.5 Å². The van der Waals surface area contributed by atoms with E-state index in [-0.39, 0.29) is 17.7 Å². The van der Waals surface area contributed by atoms with E-state index in [4.69, 9.17) is 14.6 Å². The standard InChI is InChI=1S/C18H15Br2NO6/c1-26-17(24)11-5-3-4-6-21(15(11)18(25)27-2)16-12(19)7-10(8-13(16)20)9-14(22)23/h3-8H,9H2,1-2H3,(H,22,23). The van der Waals surface area contributed by atoms with Gasteiger partial charge in [0.15, 0.2) is 0 Å². The van der Waals surface area contributed by atoms with Crippen LogP contribution in [0.1, 0.15) is 5.56 Å². The van der Waals surface area contributed by atoms with Gasteiger partial charge in [-0.2, -0.15) is 0 Å². The zero-order chi connectivity index (χ0) is 20.1. The second kappa shape index (κ2) is 9.01. The summed E-state index contributed by atoms with van der Waals surface area (Å²) in [6.45, 7) is 0. The van der Waals surface area contributed by atoms with E-state index in [0.717, 1.165) is 0 Å². The van der Waals surface area contributed by atoms with E-state index in [2.05, 4.69) is 31.9 Å². The molecule has 0 aromatic heterocycles. The Morgan fingerprint density at radius 3 is 2.15 bits per heavy atom. The molecule has 0 atom stereocenters. The smallest absolute Gasteiger partial charge is 0.355 e. The summed E-state index contributed by atoms with van der Waals surface area (Å²) in [5.41, 5.74) is 1.02. The Kier molecular flexibility index (Phi) is 6.98. The number of rotatable bonds is 5. The number of methoxy groups -OCH3 is 2. The molecule has 27 heavy (non-hydrogen) atoms. The zero-order valence-electron chi connectivity index (χ0n) is 14.4. The summed E-state index contributed by atoms with van der Waals surface area (Å²) >= 11 is 6.82. The van der Waals surface area contributed by atoms with Crippen molar-refractivity contribution in [3.63, 3.8) is 0 Å². The van der Waals surface area contributed by atoms with Crippen molar-refractivity contribution in [3.8, 4) is 0 Å². The molecule has 1 aliphatic rings. The summed E-state index contributed by atoms with van der Waals surface area (Å²) in [4.78, 5) is 37.1. The Hall–Kier alpha value is -2.39. The third-order valence-electron chi connectivity index (χ3n) is 3.56. The van der Waals surface area contributed by atoms with Crippen LogP contribution in [0.3, 0.4) is 0 Å². The lowest BCUT2D eigenvalue weighted by atomic mass is 10.1. The number of nitrogens with zero attached hydrogens (tertiary/aromatic N) is 1. The van der Waals surface area contributed by atoms with Gasteiger partial charge in [-0.05, 0) is 61.7 Å². The Morgan fingerprint density at radius 1 is 1.04 bits per heavy atom. The van der Waals surface area contributed by atoms with Gasteiger partial charge in [0.1, 0.15) is 5.70 Å². The van der Waals surface area contributed by atoms with Crippen LogP contribution in [0.15, 0.2) is 56.8 Å². The molecule has 0 unspecified atom stereocenters. The highest BCUT2D eigenvalue weighted by molar-refractivity contribution is 9.11. The molecular weight excluding hydrogens is 486 g/mol. The van der Waals surface area contributed by atoms with E-state index in [1.165, 1.54) is 25.2 Å². The summed E-state index contributed by atoms with van der Waals surface area (Å²) in [5, 5.41) is 8.99. The molecule has 1 heterocycles. The molecule has 0 radical (unpaired) electrons. The number of anilines is 1. The molecule has 0 bridgehead atoms. The molecular formula is C18H15Br2NO6. The minimum Gasteiger partial charge on any atom is -0.481 e. The van der Waals surface area contributed by atoms with E-state index in [1.807, 2.05) is 0 Å². The van der Waals surface area contributed by atoms with Gasteiger partial charge in [-0.3, -0.25) is 4.79 Å². The van der Waals surface area contributed by atoms with Gasteiger partial charge in [-0.25, -0.2) is 9.59 Å². The number of aliphatic carboxylic acids is 1. The molecule has 0 saturated carbocycles. The molecule has 0 amide bonds. The van der Waals surface area contributed by atoms with Gasteiger partial charge in [-0.15, -0.1) is 0 Å². The Labute approximate surface area is 172 Å². The number of esters is 2. The first-order chi connectivity index (χ1) is 12.8. The first kappa shape index (κ1) is 20.9. The highest BCUT2D eigenvalue weighted by atomic mass is 79.9. The number of hydrogen-bond acceptors (Lipinski definition) is 6. The molecule has 1 aromatic carbocycles. The van der Waals surface area contributed by atoms with Gasteiger partial charge in [-0.1, -0.05) is 6.08 Å². The molecule has 1 aromatic rings. The third kappa shape index (κ3) is 4.67. The number of carbonyl (C=O) groups is 3. The molecule has 0 fully saturated rings. The molecule has 1 aliphatic heterocycles. The molecule has 1 N–H and O–H groups in total. The van der Waals surface area contributed by atoms with E-state index >= 15 is 0 Å². The van der Waals surface area contributed by atoms with Crippen LogP contribution in [0.4, 0.5) is 5.69 Å². The van der Waals surface area contributed by atoms with Gasteiger partial charge in [0, 0.05) is 15.1 Å². The first-order valence-corrected chi connectivity index (χ1v) is 9.13. The van der Waals surface area contributed by atoms with Gasteiger partial charge in [0.05, 0.1) is 31.9 Å². The summed E-state index contributed by atoms with van der Waals surface area (Å²) in [6.07, 6.45) is 6.11. The van der Waals surface area contributed by atoms with Crippen LogP contribution < -0.4 is 4.90 Å². The summed E-state index contributed by atoms with van der Waals surface area (Å²) in [6, 6.07) is 3.26. The average molecular weight is 501 g/mol. The van der Waals surface area contributed by atoms with Crippen molar-refractivity contribution in [1.82, 2.24) is 0 Å².